The maximum atomic E-state index is 13.1. The Bertz CT molecular complexity index is 1360. The quantitative estimate of drug-likeness (QED) is 0.405. The molecule has 5 heteroatoms. The number of aromatic nitrogens is 1. The van der Waals surface area contributed by atoms with Gasteiger partial charge in [-0.1, -0.05) is 66.2 Å². The number of pyridine rings is 1. The van der Waals surface area contributed by atoms with Crippen LogP contribution in [0, 0.1) is 6.92 Å². The van der Waals surface area contributed by atoms with Crippen molar-refractivity contribution in [3.05, 3.63) is 95.6 Å². The van der Waals surface area contributed by atoms with Crippen molar-refractivity contribution in [3.8, 4) is 11.3 Å². The van der Waals surface area contributed by atoms with E-state index in [1.807, 2.05) is 86.6 Å². The van der Waals surface area contributed by atoms with Gasteiger partial charge in [0.05, 0.1) is 16.8 Å². The molecule has 0 spiro atoms. The van der Waals surface area contributed by atoms with Gasteiger partial charge in [0.15, 0.2) is 6.61 Å². The Morgan fingerprint density at radius 2 is 1.73 bits per heavy atom. The highest BCUT2D eigenvalue weighted by molar-refractivity contribution is 6.06. The number of ether oxygens (including phenoxy) is 1. The Morgan fingerprint density at radius 1 is 1.00 bits per heavy atom. The summed E-state index contributed by atoms with van der Waals surface area (Å²) in [4.78, 5) is 32.6. The topological polar surface area (TPSA) is 59.5 Å². The second-order valence-corrected chi connectivity index (χ2v) is 8.46. The molecule has 3 aromatic carbocycles. The highest BCUT2D eigenvalue weighted by Gasteiger charge is 2.31. The normalized spacial score (nSPS) is 14.8. The number of carbonyl (C=O) groups is 2. The average Bonchev–Trinajstić information content (AvgIpc) is 3.17. The number of hydrogen-bond donors (Lipinski definition) is 0. The van der Waals surface area contributed by atoms with Crippen molar-refractivity contribution in [2.24, 2.45) is 0 Å². The van der Waals surface area contributed by atoms with Gasteiger partial charge < -0.3 is 9.64 Å². The van der Waals surface area contributed by atoms with E-state index in [1.54, 1.807) is 11.0 Å². The smallest absolute Gasteiger partial charge is 0.339 e. The summed E-state index contributed by atoms with van der Waals surface area (Å²) in [5.41, 5.74) is 5.88. The fourth-order valence-corrected chi connectivity index (χ4v) is 4.44. The molecule has 164 valence electrons. The fourth-order valence-electron chi connectivity index (χ4n) is 4.44. The molecular formula is C28H24N2O3. The molecule has 5 nitrogen and oxygen atoms in total. The van der Waals surface area contributed by atoms with Crippen LogP contribution in [-0.4, -0.2) is 29.5 Å². The standard InChI is InChI=1S/C28H24N2O3/c1-18-11-13-20(14-12-18)25-16-23(22-8-4-5-9-24(22)29-25)28(32)33-17-27(31)30-19(2)15-21-7-3-6-10-26(21)30/h3-14,16,19H,15,17H2,1-2H3. The lowest BCUT2D eigenvalue weighted by atomic mass is 10.0. The van der Waals surface area contributed by atoms with Gasteiger partial charge in [0.2, 0.25) is 0 Å². The molecule has 1 aliphatic heterocycles. The van der Waals surface area contributed by atoms with Gasteiger partial charge in [-0.05, 0) is 44.0 Å². The first kappa shape index (κ1) is 20.9. The number of carbonyl (C=O) groups excluding carboxylic acids is 2. The van der Waals surface area contributed by atoms with Crippen LogP contribution in [0.3, 0.4) is 0 Å². The minimum atomic E-state index is -0.532. The average molecular weight is 437 g/mol. The molecule has 0 aliphatic carbocycles. The van der Waals surface area contributed by atoms with Gasteiger partial charge in [-0.15, -0.1) is 0 Å². The number of esters is 1. The molecular weight excluding hydrogens is 412 g/mol. The van der Waals surface area contributed by atoms with Crippen molar-refractivity contribution in [3.63, 3.8) is 0 Å². The van der Waals surface area contributed by atoms with E-state index in [4.69, 9.17) is 9.72 Å². The number of benzene rings is 3. The summed E-state index contributed by atoms with van der Waals surface area (Å²) < 4.78 is 5.53. The van der Waals surface area contributed by atoms with E-state index in [-0.39, 0.29) is 18.6 Å². The molecule has 1 amide bonds. The van der Waals surface area contributed by atoms with Crippen LogP contribution >= 0.6 is 0 Å². The van der Waals surface area contributed by atoms with Gasteiger partial charge in [0.1, 0.15) is 0 Å². The van der Waals surface area contributed by atoms with Crippen LogP contribution in [0.15, 0.2) is 78.9 Å². The summed E-state index contributed by atoms with van der Waals surface area (Å²) in [6, 6.07) is 25.1. The maximum Gasteiger partial charge on any atom is 0.339 e. The van der Waals surface area contributed by atoms with E-state index in [9.17, 15) is 9.59 Å². The minimum absolute atomic E-state index is 0.0310. The summed E-state index contributed by atoms with van der Waals surface area (Å²) in [6.45, 7) is 3.72. The van der Waals surface area contributed by atoms with E-state index >= 15 is 0 Å². The van der Waals surface area contributed by atoms with Crippen molar-refractivity contribution in [2.75, 3.05) is 11.5 Å². The van der Waals surface area contributed by atoms with E-state index < -0.39 is 5.97 Å². The van der Waals surface area contributed by atoms with Crippen molar-refractivity contribution >= 4 is 28.5 Å². The fraction of sp³-hybridized carbons (Fsp3) is 0.179. The minimum Gasteiger partial charge on any atom is -0.452 e. The van der Waals surface area contributed by atoms with Gasteiger partial charge in [-0.25, -0.2) is 9.78 Å². The third-order valence-electron chi connectivity index (χ3n) is 6.09. The zero-order valence-electron chi connectivity index (χ0n) is 18.6. The van der Waals surface area contributed by atoms with E-state index in [0.29, 0.717) is 22.2 Å². The van der Waals surface area contributed by atoms with Gasteiger partial charge >= 0.3 is 5.97 Å². The molecule has 0 saturated carbocycles. The first-order valence-corrected chi connectivity index (χ1v) is 11.0. The van der Waals surface area contributed by atoms with Crippen LogP contribution in [0.2, 0.25) is 0 Å². The van der Waals surface area contributed by atoms with Crippen molar-refractivity contribution < 1.29 is 14.3 Å². The van der Waals surface area contributed by atoms with Crippen LogP contribution in [-0.2, 0) is 16.0 Å². The molecule has 1 atom stereocenters. The molecule has 5 rings (SSSR count). The molecule has 1 aromatic heterocycles. The van der Waals surface area contributed by atoms with Crippen molar-refractivity contribution in [1.29, 1.82) is 0 Å². The number of fused-ring (bicyclic) bond motifs is 2. The highest BCUT2D eigenvalue weighted by atomic mass is 16.5. The molecule has 1 unspecified atom stereocenters. The molecule has 0 saturated heterocycles. The molecule has 0 bridgehead atoms. The van der Waals surface area contributed by atoms with Crippen LogP contribution in [0.4, 0.5) is 5.69 Å². The van der Waals surface area contributed by atoms with E-state index in [1.165, 1.54) is 0 Å². The predicted molar refractivity (Wildman–Crippen MR) is 129 cm³/mol. The van der Waals surface area contributed by atoms with E-state index in [2.05, 4.69) is 0 Å². The Kier molecular flexibility index (Phi) is 5.38. The zero-order chi connectivity index (χ0) is 22.9. The molecule has 33 heavy (non-hydrogen) atoms. The van der Waals surface area contributed by atoms with Gasteiger partial charge in [-0.3, -0.25) is 4.79 Å². The van der Waals surface area contributed by atoms with Crippen molar-refractivity contribution in [2.45, 2.75) is 26.3 Å². The van der Waals surface area contributed by atoms with E-state index in [0.717, 1.165) is 28.8 Å². The Balaban J connectivity index is 1.41. The maximum absolute atomic E-state index is 13.1. The summed E-state index contributed by atoms with van der Waals surface area (Å²) in [7, 11) is 0. The summed E-state index contributed by atoms with van der Waals surface area (Å²) in [6.07, 6.45) is 0.796. The largest absolute Gasteiger partial charge is 0.452 e. The lowest BCUT2D eigenvalue weighted by Gasteiger charge is -2.22. The SMILES string of the molecule is Cc1ccc(-c2cc(C(=O)OCC(=O)N3c4ccccc4CC3C)c3ccccc3n2)cc1. The second-order valence-electron chi connectivity index (χ2n) is 8.46. The monoisotopic (exact) mass is 436 g/mol. The summed E-state index contributed by atoms with van der Waals surface area (Å²) in [5.74, 6) is -0.756. The number of para-hydroxylation sites is 2. The molecule has 4 aromatic rings. The number of anilines is 1. The predicted octanol–water partition coefficient (Wildman–Crippen LogP) is 5.34. The lowest BCUT2D eigenvalue weighted by Crippen LogP contribution is -2.38. The van der Waals surface area contributed by atoms with Crippen LogP contribution in [0.1, 0.15) is 28.4 Å². The first-order valence-electron chi connectivity index (χ1n) is 11.0. The highest BCUT2D eigenvalue weighted by Crippen LogP contribution is 2.32. The first-order chi connectivity index (χ1) is 16.0. The lowest BCUT2D eigenvalue weighted by molar-refractivity contribution is -0.122. The number of nitrogens with zero attached hydrogens (tertiary/aromatic N) is 2. The molecule has 0 fully saturated rings. The number of hydrogen-bond acceptors (Lipinski definition) is 4. The van der Waals surface area contributed by atoms with Crippen molar-refractivity contribution in [1.82, 2.24) is 4.98 Å². The number of aryl methyl sites for hydroxylation is 1. The summed E-state index contributed by atoms with van der Waals surface area (Å²) in [5, 5.41) is 0.700. The van der Waals surface area contributed by atoms with Crippen LogP contribution < -0.4 is 4.90 Å². The molecule has 2 heterocycles. The third kappa shape index (κ3) is 3.98. The molecule has 0 N–H and O–H groups in total. The zero-order valence-corrected chi connectivity index (χ0v) is 18.6. The summed E-state index contributed by atoms with van der Waals surface area (Å²) >= 11 is 0. The molecule has 1 aliphatic rings. The number of amides is 1. The Hall–Kier alpha value is -3.99. The van der Waals surface area contributed by atoms with Gasteiger partial charge in [0.25, 0.3) is 5.91 Å². The molecule has 0 radical (unpaired) electrons. The number of rotatable bonds is 4. The third-order valence-corrected chi connectivity index (χ3v) is 6.09. The van der Waals surface area contributed by atoms with Crippen LogP contribution in [0.5, 0.6) is 0 Å². The van der Waals surface area contributed by atoms with Gasteiger partial charge in [-0.2, -0.15) is 0 Å². The van der Waals surface area contributed by atoms with Gasteiger partial charge in [0, 0.05) is 22.7 Å². The van der Waals surface area contributed by atoms with Crippen LogP contribution in [0.25, 0.3) is 22.2 Å². The Morgan fingerprint density at radius 3 is 2.55 bits per heavy atom. The Labute approximate surface area is 192 Å². The second kappa shape index (κ2) is 8.51.